The van der Waals surface area contributed by atoms with E-state index in [2.05, 4.69) is 5.32 Å². The molecule has 1 aromatic carbocycles. The second-order valence-electron chi connectivity index (χ2n) is 6.48. The fourth-order valence-electron chi connectivity index (χ4n) is 3.07. The van der Waals surface area contributed by atoms with Gasteiger partial charge in [-0.25, -0.2) is 0 Å². The van der Waals surface area contributed by atoms with Crippen molar-refractivity contribution in [1.82, 2.24) is 10.2 Å². The van der Waals surface area contributed by atoms with Crippen molar-refractivity contribution in [3.8, 4) is 0 Å². The maximum atomic E-state index is 13.0. The van der Waals surface area contributed by atoms with Gasteiger partial charge in [-0.05, 0) is 44.4 Å². The lowest BCUT2D eigenvalue weighted by atomic mass is 9.90. The Morgan fingerprint density at radius 1 is 1.24 bits per heavy atom. The molecule has 1 aliphatic heterocycles. The highest BCUT2D eigenvalue weighted by molar-refractivity contribution is 5.97. The second-order valence-corrected chi connectivity index (χ2v) is 6.48. The van der Waals surface area contributed by atoms with Crippen molar-refractivity contribution in [3.05, 3.63) is 29.8 Å². The summed E-state index contributed by atoms with van der Waals surface area (Å²) in [5, 5.41) is 2.83. The molecule has 3 rings (SSSR count). The largest absolute Gasteiger partial charge is 0.399 e. The monoisotopic (exact) mass is 287 g/mol. The Morgan fingerprint density at radius 2 is 1.86 bits per heavy atom. The van der Waals surface area contributed by atoms with Crippen LogP contribution in [0.4, 0.5) is 5.69 Å². The number of anilines is 1. The predicted molar refractivity (Wildman–Crippen MR) is 80.6 cm³/mol. The van der Waals surface area contributed by atoms with E-state index in [-0.39, 0.29) is 11.8 Å². The number of carbonyl (C=O) groups excluding carboxylic acids is 2. The molecule has 1 aromatic rings. The summed E-state index contributed by atoms with van der Waals surface area (Å²) in [6, 6.07) is 7.52. The number of benzene rings is 1. The molecule has 2 amide bonds. The zero-order chi connectivity index (χ0) is 15.3. The van der Waals surface area contributed by atoms with Gasteiger partial charge in [0.1, 0.15) is 5.54 Å². The van der Waals surface area contributed by atoms with Crippen LogP contribution >= 0.6 is 0 Å². The summed E-state index contributed by atoms with van der Waals surface area (Å²) >= 11 is 0. The molecule has 0 aromatic heterocycles. The molecule has 112 valence electrons. The van der Waals surface area contributed by atoms with Crippen LogP contribution in [-0.4, -0.2) is 35.3 Å². The van der Waals surface area contributed by atoms with E-state index < -0.39 is 11.0 Å². The van der Waals surface area contributed by atoms with Crippen LogP contribution in [0.2, 0.25) is 0 Å². The van der Waals surface area contributed by atoms with Gasteiger partial charge in [-0.3, -0.25) is 9.59 Å². The molecule has 1 aliphatic carbocycles. The Hall–Kier alpha value is -2.04. The van der Waals surface area contributed by atoms with Crippen LogP contribution in [0.3, 0.4) is 0 Å². The number of piperazine rings is 1. The standard InChI is InChI=1S/C16H21N3O2/c1-15(2)13(20)18-9-10-19(15)14(21)16(7-8-16)11-3-5-12(17)6-4-11/h3-6H,7-10,17H2,1-2H3,(H,18,20). The van der Waals surface area contributed by atoms with Crippen LogP contribution in [0.15, 0.2) is 24.3 Å². The molecule has 2 fully saturated rings. The molecule has 1 saturated heterocycles. The van der Waals surface area contributed by atoms with E-state index in [0.717, 1.165) is 18.4 Å². The Balaban J connectivity index is 1.91. The van der Waals surface area contributed by atoms with Gasteiger partial charge >= 0.3 is 0 Å². The summed E-state index contributed by atoms with van der Waals surface area (Å²) in [5.74, 6) is -0.0256. The topological polar surface area (TPSA) is 75.4 Å². The highest BCUT2D eigenvalue weighted by Crippen LogP contribution is 2.50. The van der Waals surface area contributed by atoms with Crippen LogP contribution in [0.25, 0.3) is 0 Å². The second kappa shape index (κ2) is 4.48. The van der Waals surface area contributed by atoms with Crippen LogP contribution < -0.4 is 11.1 Å². The third-order valence-corrected chi connectivity index (χ3v) is 4.72. The van der Waals surface area contributed by atoms with Gasteiger partial charge in [-0.1, -0.05) is 12.1 Å². The normalized spacial score (nSPS) is 22.6. The number of carbonyl (C=O) groups is 2. The molecular weight excluding hydrogens is 266 g/mol. The Morgan fingerprint density at radius 3 is 2.43 bits per heavy atom. The summed E-state index contributed by atoms with van der Waals surface area (Å²) in [7, 11) is 0. The van der Waals surface area contributed by atoms with E-state index in [1.54, 1.807) is 18.7 Å². The summed E-state index contributed by atoms with van der Waals surface area (Å²) in [4.78, 5) is 26.8. The molecule has 3 N–H and O–H groups in total. The van der Waals surface area contributed by atoms with Gasteiger partial charge in [0.15, 0.2) is 0 Å². The SMILES string of the molecule is CC1(C)C(=O)NCCN1C(=O)C1(c2ccc(N)cc2)CC1. The summed E-state index contributed by atoms with van der Waals surface area (Å²) in [5.41, 5.74) is 6.17. The number of amides is 2. The number of hydrogen-bond acceptors (Lipinski definition) is 3. The smallest absolute Gasteiger partial charge is 0.245 e. The van der Waals surface area contributed by atoms with Gasteiger partial charge in [0.25, 0.3) is 0 Å². The summed E-state index contributed by atoms with van der Waals surface area (Å²) < 4.78 is 0. The average Bonchev–Trinajstić information content (AvgIpc) is 3.23. The molecular formula is C16H21N3O2. The predicted octanol–water partition coefficient (Wildman–Crippen LogP) is 1.04. The molecule has 5 heteroatoms. The van der Waals surface area contributed by atoms with Crippen molar-refractivity contribution in [1.29, 1.82) is 0 Å². The minimum atomic E-state index is -0.793. The van der Waals surface area contributed by atoms with Crippen molar-refractivity contribution in [2.75, 3.05) is 18.8 Å². The lowest BCUT2D eigenvalue weighted by Crippen LogP contribution is -2.65. The van der Waals surface area contributed by atoms with Gasteiger partial charge in [0.05, 0.1) is 5.41 Å². The highest BCUT2D eigenvalue weighted by Gasteiger charge is 2.56. The van der Waals surface area contributed by atoms with E-state index in [1.165, 1.54) is 0 Å². The fourth-order valence-corrected chi connectivity index (χ4v) is 3.07. The minimum absolute atomic E-state index is 0.0621. The van der Waals surface area contributed by atoms with E-state index in [9.17, 15) is 9.59 Å². The molecule has 0 unspecified atom stereocenters. The first-order chi connectivity index (χ1) is 9.88. The van der Waals surface area contributed by atoms with Gasteiger partial charge in [0, 0.05) is 18.8 Å². The number of hydrogen-bond donors (Lipinski definition) is 2. The van der Waals surface area contributed by atoms with E-state index in [0.29, 0.717) is 18.8 Å². The van der Waals surface area contributed by atoms with Crippen LogP contribution in [0.1, 0.15) is 32.3 Å². The average molecular weight is 287 g/mol. The first-order valence-electron chi connectivity index (χ1n) is 7.34. The van der Waals surface area contributed by atoms with Crippen molar-refractivity contribution >= 4 is 17.5 Å². The van der Waals surface area contributed by atoms with Crippen LogP contribution in [0, 0.1) is 0 Å². The van der Waals surface area contributed by atoms with E-state index in [4.69, 9.17) is 5.73 Å². The molecule has 0 spiro atoms. The summed E-state index contributed by atoms with van der Waals surface area (Å²) in [6.07, 6.45) is 1.67. The van der Waals surface area contributed by atoms with Gasteiger partial charge in [-0.2, -0.15) is 0 Å². The molecule has 2 aliphatic rings. The van der Waals surface area contributed by atoms with Gasteiger partial charge in [-0.15, -0.1) is 0 Å². The van der Waals surface area contributed by atoms with Crippen LogP contribution in [-0.2, 0) is 15.0 Å². The molecule has 0 bridgehead atoms. The van der Waals surface area contributed by atoms with Crippen molar-refractivity contribution in [3.63, 3.8) is 0 Å². The first kappa shape index (κ1) is 13.9. The maximum Gasteiger partial charge on any atom is 0.245 e. The quantitative estimate of drug-likeness (QED) is 0.798. The Labute approximate surface area is 124 Å². The van der Waals surface area contributed by atoms with Crippen LogP contribution in [0.5, 0.6) is 0 Å². The van der Waals surface area contributed by atoms with Gasteiger partial charge < -0.3 is 16.0 Å². The summed E-state index contributed by atoms with van der Waals surface area (Å²) in [6.45, 7) is 4.69. The lowest BCUT2D eigenvalue weighted by Gasteiger charge is -2.43. The number of nitrogens with one attached hydrogen (secondary N) is 1. The van der Waals surface area contributed by atoms with Gasteiger partial charge in [0.2, 0.25) is 11.8 Å². The number of rotatable bonds is 2. The first-order valence-corrected chi connectivity index (χ1v) is 7.34. The molecule has 0 atom stereocenters. The van der Waals surface area contributed by atoms with E-state index >= 15 is 0 Å². The lowest BCUT2D eigenvalue weighted by molar-refractivity contribution is -0.151. The fraction of sp³-hybridized carbons (Fsp3) is 0.500. The van der Waals surface area contributed by atoms with Crippen molar-refractivity contribution in [2.24, 2.45) is 0 Å². The number of nitrogen functional groups attached to an aromatic ring is 1. The Kier molecular flexibility index (Phi) is 2.97. The number of nitrogens with two attached hydrogens (primary N) is 1. The molecule has 1 heterocycles. The van der Waals surface area contributed by atoms with E-state index in [1.807, 2.05) is 24.3 Å². The van der Waals surface area contributed by atoms with Crippen molar-refractivity contribution in [2.45, 2.75) is 37.6 Å². The zero-order valence-corrected chi connectivity index (χ0v) is 12.5. The maximum absolute atomic E-state index is 13.0. The zero-order valence-electron chi connectivity index (χ0n) is 12.5. The molecule has 1 saturated carbocycles. The Bertz CT molecular complexity index is 588. The molecule has 5 nitrogen and oxygen atoms in total. The third kappa shape index (κ3) is 2.07. The third-order valence-electron chi connectivity index (χ3n) is 4.72. The highest BCUT2D eigenvalue weighted by atomic mass is 16.2. The van der Waals surface area contributed by atoms with Crippen molar-refractivity contribution < 1.29 is 9.59 Å². The molecule has 21 heavy (non-hydrogen) atoms. The number of nitrogens with zero attached hydrogens (tertiary/aromatic N) is 1. The molecule has 0 radical (unpaired) electrons. The minimum Gasteiger partial charge on any atom is -0.399 e.